The summed E-state index contributed by atoms with van der Waals surface area (Å²) >= 11 is 1.62. The Morgan fingerprint density at radius 2 is 2.00 bits per heavy atom. The standard InChI is InChI=1S/C15H13N7OS/c1-8-4-18-15(24-8)10-3-11-13(16-5-10)19-7-20-14(11)17-6-12-22-21-9(2)23-12/h3-5,7H,6H2,1-2H3,(H,16,17,19,20). The van der Waals surface area contributed by atoms with Crippen LogP contribution in [0, 0.1) is 13.8 Å². The van der Waals surface area contributed by atoms with Crippen molar-refractivity contribution in [1.29, 1.82) is 0 Å². The van der Waals surface area contributed by atoms with Gasteiger partial charge in [-0.3, -0.25) is 0 Å². The zero-order valence-electron chi connectivity index (χ0n) is 13.0. The summed E-state index contributed by atoms with van der Waals surface area (Å²) < 4.78 is 5.36. The van der Waals surface area contributed by atoms with Crippen molar-refractivity contribution in [3.63, 3.8) is 0 Å². The maximum Gasteiger partial charge on any atom is 0.235 e. The number of nitrogens with one attached hydrogen (secondary N) is 1. The first-order valence-corrected chi connectivity index (χ1v) is 8.07. The van der Waals surface area contributed by atoms with Crippen LogP contribution in [0.15, 0.2) is 29.2 Å². The van der Waals surface area contributed by atoms with Gasteiger partial charge in [0.05, 0.1) is 11.9 Å². The van der Waals surface area contributed by atoms with Crippen LogP contribution in [0.2, 0.25) is 0 Å². The van der Waals surface area contributed by atoms with E-state index < -0.39 is 0 Å². The molecule has 0 spiro atoms. The molecule has 0 saturated heterocycles. The van der Waals surface area contributed by atoms with E-state index in [9.17, 15) is 0 Å². The Bertz CT molecular complexity index is 1010. The second-order valence-corrected chi connectivity index (χ2v) is 6.40. The lowest BCUT2D eigenvalue weighted by Gasteiger charge is -2.06. The average molecular weight is 339 g/mol. The van der Waals surface area contributed by atoms with Crippen molar-refractivity contribution in [2.75, 3.05) is 5.32 Å². The van der Waals surface area contributed by atoms with E-state index in [2.05, 4.69) is 35.5 Å². The van der Waals surface area contributed by atoms with Crippen LogP contribution in [0.3, 0.4) is 0 Å². The van der Waals surface area contributed by atoms with E-state index in [0.717, 1.165) is 20.8 Å². The Hall–Kier alpha value is -2.94. The van der Waals surface area contributed by atoms with Gasteiger partial charge >= 0.3 is 0 Å². The summed E-state index contributed by atoms with van der Waals surface area (Å²) in [7, 11) is 0. The fourth-order valence-corrected chi connectivity index (χ4v) is 3.01. The van der Waals surface area contributed by atoms with E-state index in [1.807, 2.05) is 19.2 Å². The van der Waals surface area contributed by atoms with Crippen LogP contribution in [-0.2, 0) is 6.54 Å². The van der Waals surface area contributed by atoms with Crippen LogP contribution < -0.4 is 5.32 Å². The molecule has 0 saturated carbocycles. The first-order chi connectivity index (χ1) is 11.7. The second kappa shape index (κ2) is 5.93. The SMILES string of the molecule is Cc1nnc(CNc2ncnc3ncc(-c4ncc(C)s4)cc23)o1. The lowest BCUT2D eigenvalue weighted by molar-refractivity contribution is 0.474. The van der Waals surface area contributed by atoms with E-state index in [1.54, 1.807) is 24.5 Å². The van der Waals surface area contributed by atoms with E-state index in [4.69, 9.17) is 4.42 Å². The number of aryl methyl sites for hydroxylation is 2. The number of rotatable bonds is 4. The first kappa shape index (κ1) is 14.6. The van der Waals surface area contributed by atoms with Gasteiger partial charge < -0.3 is 9.73 Å². The van der Waals surface area contributed by atoms with Crippen molar-refractivity contribution >= 4 is 28.2 Å². The fourth-order valence-electron chi connectivity index (χ4n) is 2.26. The molecule has 0 atom stereocenters. The number of aromatic nitrogens is 6. The molecular weight excluding hydrogens is 326 g/mol. The summed E-state index contributed by atoms with van der Waals surface area (Å²) in [5.74, 6) is 1.69. The Morgan fingerprint density at radius 3 is 2.75 bits per heavy atom. The van der Waals surface area contributed by atoms with Gasteiger partial charge in [0.2, 0.25) is 11.8 Å². The topological polar surface area (TPSA) is 103 Å². The van der Waals surface area contributed by atoms with Gasteiger partial charge in [0, 0.05) is 29.8 Å². The summed E-state index contributed by atoms with van der Waals surface area (Å²) in [5.41, 5.74) is 1.55. The summed E-state index contributed by atoms with van der Waals surface area (Å²) in [4.78, 5) is 18.5. The third kappa shape index (κ3) is 2.81. The lowest BCUT2D eigenvalue weighted by Crippen LogP contribution is -2.03. The Labute approximate surface area is 141 Å². The molecule has 4 heterocycles. The molecule has 120 valence electrons. The lowest BCUT2D eigenvalue weighted by atomic mass is 10.2. The zero-order chi connectivity index (χ0) is 16.5. The molecule has 9 heteroatoms. The number of pyridine rings is 1. The predicted octanol–water partition coefficient (Wildman–Crippen LogP) is 2.76. The van der Waals surface area contributed by atoms with Gasteiger partial charge in [-0.15, -0.1) is 21.5 Å². The normalized spacial score (nSPS) is 11.1. The molecule has 0 unspecified atom stereocenters. The van der Waals surface area contributed by atoms with E-state index in [0.29, 0.717) is 29.8 Å². The zero-order valence-corrected chi connectivity index (χ0v) is 13.8. The molecule has 0 bridgehead atoms. The van der Waals surface area contributed by atoms with Gasteiger partial charge in [0.25, 0.3) is 0 Å². The third-order valence-electron chi connectivity index (χ3n) is 3.33. The van der Waals surface area contributed by atoms with Gasteiger partial charge in [0.15, 0.2) is 5.65 Å². The highest BCUT2D eigenvalue weighted by Crippen LogP contribution is 2.28. The molecule has 4 aromatic rings. The Balaban J connectivity index is 1.69. The minimum atomic E-state index is 0.382. The van der Waals surface area contributed by atoms with Crippen LogP contribution in [0.1, 0.15) is 16.7 Å². The molecule has 0 amide bonds. The van der Waals surface area contributed by atoms with Crippen molar-refractivity contribution in [3.8, 4) is 10.6 Å². The van der Waals surface area contributed by atoms with Gasteiger partial charge in [-0.05, 0) is 13.0 Å². The van der Waals surface area contributed by atoms with Crippen molar-refractivity contribution in [3.05, 3.63) is 41.4 Å². The average Bonchev–Trinajstić information content (AvgIpc) is 3.21. The quantitative estimate of drug-likeness (QED) is 0.605. The second-order valence-electron chi connectivity index (χ2n) is 5.16. The number of fused-ring (bicyclic) bond motifs is 1. The predicted molar refractivity (Wildman–Crippen MR) is 89.5 cm³/mol. The van der Waals surface area contributed by atoms with E-state index in [1.165, 1.54) is 6.33 Å². The van der Waals surface area contributed by atoms with Gasteiger partial charge in [-0.25, -0.2) is 19.9 Å². The minimum Gasteiger partial charge on any atom is -0.424 e. The summed E-state index contributed by atoms with van der Waals surface area (Å²) in [6, 6.07) is 1.99. The smallest absolute Gasteiger partial charge is 0.235 e. The molecular formula is C15H13N7OS. The van der Waals surface area contributed by atoms with Crippen LogP contribution in [-0.4, -0.2) is 30.1 Å². The van der Waals surface area contributed by atoms with Crippen molar-refractivity contribution < 1.29 is 4.42 Å². The van der Waals surface area contributed by atoms with Crippen LogP contribution in [0.5, 0.6) is 0 Å². The monoisotopic (exact) mass is 339 g/mol. The summed E-state index contributed by atoms with van der Waals surface area (Å²) in [5, 5.41) is 12.7. The fraction of sp³-hybridized carbons (Fsp3) is 0.200. The molecule has 4 aromatic heterocycles. The molecule has 4 rings (SSSR count). The number of hydrogen-bond acceptors (Lipinski definition) is 9. The Kier molecular flexibility index (Phi) is 3.62. The highest BCUT2D eigenvalue weighted by molar-refractivity contribution is 7.14. The Morgan fingerprint density at radius 1 is 1.08 bits per heavy atom. The van der Waals surface area contributed by atoms with Crippen molar-refractivity contribution in [2.45, 2.75) is 20.4 Å². The van der Waals surface area contributed by atoms with Crippen molar-refractivity contribution in [1.82, 2.24) is 30.1 Å². The van der Waals surface area contributed by atoms with Gasteiger partial charge in [-0.1, -0.05) is 0 Å². The van der Waals surface area contributed by atoms with Crippen LogP contribution in [0.25, 0.3) is 21.6 Å². The van der Waals surface area contributed by atoms with E-state index >= 15 is 0 Å². The number of anilines is 1. The summed E-state index contributed by atoms with van der Waals surface area (Å²) in [6.45, 7) is 4.16. The number of nitrogens with zero attached hydrogens (tertiary/aromatic N) is 6. The molecule has 0 aliphatic carbocycles. The molecule has 0 radical (unpaired) electrons. The molecule has 0 aliphatic rings. The first-order valence-electron chi connectivity index (χ1n) is 7.25. The maximum atomic E-state index is 5.36. The summed E-state index contributed by atoms with van der Waals surface area (Å²) in [6.07, 6.45) is 5.10. The molecule has 1 N–H and O–H groups in total. The van der Waals surface area contributed by atoms with Crippen molar-refractivity contribution in [2.24, 2.45) is 0 Å². The maximum absolute atomic E-state index is 5.36. The number of hydrogen-bond donors (Lipinski definition) is 1. The molecule has 24 heavy (non-hydrogen) atoms. The van der Waals surface area contributed by atoms with E-state index in [-0.39, 0.29) is 0 Å². The largest absolute Gasteiger partial charge is 0.424 e. The minimum absolute atomic E-state index is 0.382. The van der Waals surface area contributed by atoms with Crippen LogP contribution in [0.4, 0.5) is 5.82 Å². The van der Waals surface area contributed by atoms with Gasteiger partial charge in [-0.2, -0.15) is 0 Å². The molecule has 8 nitrogen and oxygen atoms in total. The third-order valence-corrected chi connectivity index (χ3v) is 4.29. The molecule has 0 aliphatic heterocycles. The highest BCUT2D eigenvalue weighted by atomic mass is 32.1. The highest BCUT2D eigenvalue weighted by Gasteiger charge is 2.10. The number of thiazole rings is 1. The molecule has 0 fully saturated rings. The van der Waals surface area contributed by atoms with Crippen LogP contribution >= 0.6 is 11.3 Å². The van der Waals surface area contributed by atoms with Gasteiger partial charge in [0.1, 0.15) is 17.2 Å². The molecule has 0 aromatic carbocycles.